The van der Waals surface area contributed by atoms with Crippen LogP contribution in [0.1, 0.15) is 40.7 Å². The van der Waals surface area contributed by atoms with Crippen LogP contribution in [0.5, 0.6) is 0 Å². The molecule has 0 radical (unpaired) electrons. The van der Waals surface area contributed by atoms with Crippen LogP contribution in [-0.2, 0) is 6.54 Å². The van der Waals surface area contributed by atoms with E-state index < -0.39 is 0 Å². The van der Waals surface area contributed by atoms with Crippen molar-refractivity contribution in [1.82, 2.24) is 0 Å². The molecule has 1 aliphatic heterocycles. The summed E-state index contributed by atoms with van der Waals surface area (Å²) in [5, 5.41) is 0. The predicted molar refractivity (Wildman–Crippen MR) is 85.5 cm³/mol. The summed E-state index contributed by atoms with van der Waals surface area (Å²) in [6.07, 6.45) is 1.00. The molecule has 2 aromatic rings. The molecule has 3 nitrogen and oxygen atoms in total. The Balaban J connectivity index is 1.93. The maximum absolute atomic E-state index is 12.8. The molecule has 1 aliphatic rings. The van der Waals surface area contributed by atoms with E-state index in [1.54, 1.807) is 0 Å². The van der Waals surface area contributed by atoms with Crippen LogP contribution in [0.15, 0.2) is 48.5 Å². The average Bonchev–Trinajstić information content (AvgIpc) is 2.55. The Kier molecular flexibility index (Phi) is 3.76. The monoisotopic (exact) mass is 280 g/mol. The first-order valence-corrected chi connectivity index (χ1v) is 7.40. The van der Waals surface area contributed by atoms with Gasteiger partial charge in [0.05, 0.1) is 0 Å². The van der Waals surface area contributed by atoms with Gasteiger partial charge in [-0.15, -0.1) is 0 Å². The van der Waals surface area contributed by atoms with E-state index in [0.29, 0.717) is 12.5 Å². The molecular weight excluding hydrogens is 260 g/mol. The number of amides is 1. The van der Waals surface area contributed by atoms with Crippen LogP contribution in [0.2, 0.25) is 0 Å². The highest BCUT2D eigenvalue weighted by molar-refractivity contribution is 6.06. The van der Waals surface area contributed by atoms with Crippen LogP contribution in [0.3, 0.4) is 0 Å². The minimum atomic E-state index is 0.0675. The lowest BCUT2D eigenvalue weighted by Gasteiger charge is -2.33. The lowest BCUT2D eigenvalue weighted by Crippen LogP contribution is -2.36. The number of para-hydroxylation sites is 1. The predicted octanol–water partition coefficient (Wildman–Crippen LogP) is 3.30. The van der Waals surface area contributed by atoms with Crippen molar-refractivity contribution >= 4 is 11.6 Å². The molecule has 2 aromatic carbocycles. The first-order valence-electron chi connectivity index (χ1n) is 7.40. The normalized spacial score (nSPS) is 17.4. The highest BCUT2D eigenvalue weighted by atomic mass is 16.2. The summed E-state index contributed by atoms with van der Waals surface area (Å²) in [6.45, 7) is 3.49. The minimum absolute atomic E-state index is 0.0675. The SMILES string of the molecule is CC1CCN(C(=O)c2ccc(CN)cc2)c2ccccc21. The van der Waals surface area contributed by atoms with Crippen molar-refractivity contribution in [2.24, 2.45) is 5.73 Å². The number of hydrogen-bond donors (Lipinski definition) is 1. The number of rotatable bonds is 2. The first kappa shape index (κ1) is 13.8. The van der Waals surface area contributed by atoms with E-state index in [4.69, 9.17) is 5.73 Å². The second-order valence-electron chi connectivity index (χ2n) is 5.61. The molecule has 2 N–H and O–H groups in total. The quantitative estimate of drug-likeness (QED) is 0.917. The van der Waals surface area contributed by atoms with Crippen molar-refractivity contribution in [2.75, 3.05) is 11.4 Å². The molecule has 0 spiro atoms. The number of nitrogens with zero attached hydrogens (tertiary/aromatic N) is 1. The number of benzene rings is 2. The van der Waals surface area contributed by atoms with Gasteiger partial charge in [-0.2, -0.15) is 0 Å². The van der Waals surface area contributed by atoms with Gasteiger partial charge in [0.25, 0.3) is 5.91 Å². The Labute approximate surface area is 125 Å². The molecule has 21 heavy (non-hydrogen) atoms. The van der Waals surface area contributed by atoms with Crippen molar-refractivity contribution in [3.05, 3.63) is 65.2 Å². The number of anilines is 1. The Hall–Kier alpha value is -2.13. The summed E-state index contributed by atoms with van der Waals surface area (Å²) < 4.78 is 0. The third-order valence-corrected chi connectivity index (χ3v) is 4.23. The van der Waals surface area contributed by atoms with Gasteiger partial charge in [-0.25, -0.2) is 0 Å². The third kappa shape index (κ3) is 2.57. The van der Waals surface area contributed by atoms with Crippen LogP contribution in [0.25, 0.3) is 0 Å². The van der Waals surface area contributed by atoms with E-state index in [0.717, 1.165) is 29.8 Å². The topological polar surface area (TPSA) is 46.3 Å². The number of carbonyl (C=O) groups excluding carboxylic acids is 1. The van der Waals surface area contributed by atoms with Crippen molar-refractivity contribution in [1.29, 1.82) is 0 Å². The summed E-state index contributed by atoms with van der Waals surface area (Å²) in [7, 11) is 0. The van der Waals surface area contributed by atoms with Crippen LogP contribution < -0.4 is 10.6 Å². The summed E-state index contributed by atoms with van der Waals surface area (Å²) in [5.41, 5.74) is 9.67. The molecular formula is C18H20N2O. The van der Waals surface area contributed by atoms with Crippen molar-refractivity contribution in [3.8, 4) is 0 Å². The smallest absolute Gasteiger partial charge is 0.258 e. The maximum atomic E-state index is 12.8. The molecule has 0 aromatic heterocycles. The zero-order valence-electron chi connectivity index (χ0n) is 12.3. The van der Waals surface area contributed by atoms with Gasteiger partial charge in [-0.05, 0) is 41.7 Å². The molecule has 1 atom stereocenters. The standard InChI is InChI=1S/C18H20N2O/c1-13-10-11-20(17-5-3-2-4-16(13)17)18(21)15-8-6-14(12-19)7-9-15/h2-9,13H,10-12,19H2,1H3. The van der Waals surface area contributed by atoms with E-state index >= 15 is 0 Å². The van der Waals surface area contributed by atoms with Gasteiger partial charge in [0.2, 0.25) is 0 Å². The van der Waals surface area contributed by atoms with E-state index in [2.05, 4.69) is 13.0 Å². The molecule has 108 valence electrons. The average molecular weight is 280 g/mol. The van der Waals surface area contributed by atoms with Crippen LogP contribution in [0, 0.1) is 0 Å². The molecule has 0 saturated heterocycles. The van der Waals surface area contributed by atoms with Gasteiger partial charge < -0.3 is 10.6 Å². The Morgan fingerprint density at radius 2 is 1.90 bits per heavy atom. The van der Waals surface area contributed by atoms with E-state index in [-0.39, 0.29) is 5.91 Å². The number of nitrogens with two attached hydrogens (primary N) is 1. The van der Waals surface area contributed by atoms with Gasteiger partial charge in [-0.1, -0.05) is 37.3 Å². The minimum Gasteiger partial charge on any atom is -0.326 e. The van der Waals surface area contributed by atoms with Crippen LogP contribution in [0.4, 0.5) is 5.69 Å². The highest BCUT2D eigenvalue weighted by Crippen LogP contribution is 2.35. The largest absolute Gasteiger partial charge is 0.326 e. The second-order valence-corrected chi connectivity index (χ2v) is 5.61. The summed E-state index contributed by atoms with van der Waals surface area (Å²) in [6, 6.07) is 15.8. The Morgan fingerprint density at radius 3 is 2.62 bits per heavy atom. The number of hydrogen-bond acceptors (Lipinski definition) is 2. The summed E-state index contributed by atoms with van der Waals surface area (Å²) >= 11 is 0. The van der Waals surface area contributed by atoms with Crippen LogP contribution >= 0.6 is 0 Å². The van der Waals surface area contributed by atoms with E-state index in [1.807, 2.05) is 47.4 Å². The summed E-state index contributed by atoms with van der Waals surface area (Å²) in [4.78, 5) is 14.7. The molecule has 1 heterocycles. The molecule has 3 heteroatoms. The lowest BCUT2D eigenvalue weighted by molar-refractivity contribution is 0.0984. The van der Waals surface area contributed by atoms with Gasteiger partial charge in [0, 0.05) is 24.3 Å². The lowest BCUT2D eigenvalue weighted by atomic mass is 9.91. The van der Waals surface area contributed by atoms with Gasteiger partial charge in [0.15, 0.2) is 0 Å². The first-order chi connectivity index (χ1) is 10.2. The maximum Gasteiger partial charge on any atom is 0.258 e. The molecule has 0 fully saturated rings. The molecule has 0 saturated carbocycles. The van der Waals surface area contributed by atoms with Crippen molar-refractivity contribution in [3.63, 3.8) is 0 Å². The molecule has 1 unspecified atom stereocenters. The van der Waals surface area contributed by atoms with E-state index in [9.17, 15) is 4.79 Å². The van der Waals surface area contributed by atoms with Crippen LogP contribution in [-0.4, -0.2) is 12.5 Å². The fourth-order valence-corrected chi connectivity index (χ4v) is 2.90. The molecule has 0 aliphatic carbocycles. The second kappa shape index (κ2) is 5.70. The fourth-order valence-electron chi connectivity index (χ4n) is 2.90. The molecule has 3 rings (SSSR count). The number of carbonyl (C=O) groups is 1. The number of fused-ring (bicyclic) bond motifs is 1. The third-order valence-electron chi connectivity index (χ3n) is 4.23. The van der Waals surface area contributed by atoms with Crippen molar-refractivity contribution in [2.45, 2.75) is 25.8 Å². The highest BCUT2D eigenvalue weighted by Gasteiger charge is 2.26. The molecule has 1 amide bonds. The zero-order chi connectivity index (χ0) is 14.8. The summed E-state index contributed by atoms with van der Waals surface area (Å²) in [5.74, 6) is 0.572. The zero-order valence-corrected chi connectivity index (χ0v) is 12.3. The Morgan fingerprint density at radius 1 is 1.19 bits per heavy atom. The fraction of sp³-hybridized carbons (Fsp3) is 0.278. The van der Waals surface area contributed by atoms with Gasteiger partial charge in [0.1, 0.15) is 0 Å². The Bertz CT molecular complexity index is 649. The van der Waals surface area contributed by atoms with Crippen molar-refractivity contribution < 1.29 is 4.79 Å². The van der Waals surface area contributed by atoms with E-state index in [1.165, 1.54) is 5.56 Å². The van der Waals surface area contributed by atoms with Gasteiger partial charge in [-0.3, -0.25) is 4.79 Å². The van der Waals surface area contributed by atoms with Gasteiger partial charge >= 0.3 is 0 Å². The molecule has 0 bridgehead atoms.